The van der Waals surface area contributed by atoms with Crippen molar-refractivity contribution >= 4 is 0 Å². The maximum atomic E-state index is 9.60. The van der Waals surface area contributed by atoms with Crippen LogP contribution in [0.1, 0.15) is 25.7 Å². The fraction of sp³-hybridized carbons (Fsp3) is 1.00. The zero-order valence-electron chi connectivity index (χ0n) is 10.8. The van der Waals surface area contributed by atoms with Gasteiger partial charge in [-0.15, -0.1) is 0 Å². The fourth-order valence-electron chi connectivity index (χ4n) is 1.89. The van der Waals surface area contributed by atoms with E-state index in [1.165, 1.54) is 0 Å². The van der Waals surface area contributed by atoms with Crippen LogP contribution in [0, 0.1) is 0 Å². The average molecular weight is 275 g/mol. The Bertz CT molecular complexity index is 298. The van der Waals surface area contributed by atoms with Gasteiger partial charge in [-0.2, -0.15) is 0 Å². The molecule has 8 heteroatoms. The minimum atomic E-state index is -1.12. The number of aliphatic hydroxyl groups is 3. The first-order valence-corrected chi connectivity index (χ1v) is 6.45. The molecule has 1 unspecified atom stereocenters. The van der Waals surface area contributed by atoms with Gasteiger partial charge in [0.25, 0.3) is 0 Å². The molecule has 1 aliphatic rings. The van der Waals surface area contributed by atoms with Crippen molar-refractivity contribution in [2.45, 2.75) is 50.3 Å². The number of unbranched alkanes of at least 4 members (excludes halogenated alkanes) is 3. The van der Waals surface area contributed by atoms with Crippen molar-refractivity contribution in [1.29, 1.82) is 0 Å². The third-order valence-corrected chi connectivity index (χ3v) is 3.00. The first kappa shape index (κ1) is 16.2. The van der Waals surface area contributed by atoms with Crippen LogP contribution in [0.3, 0.4) is 0 Å². The molecule has 8 nitrogen and oxygen atoms in total. The fourth-order valence-corrected chi connectivity index (χ4v) is 1.89. The highest BCUT2D eigenvalue weighted by Gasteiger charge is 2.42. The van der Waals surface area contributed by atoms with Crippen LogP contribution in [0.2, 0.25) is 0 Å². The highest BCUT2D eigenvalue weighted by atomic mass is 16.7. The maximum absolute atomic E-state index is 9.60. The summed E-state index contributed by atoms with van der Waals surface area (Å²) in [6.07, 6.45) is -0.394. The van der Waals surface area contributed by atoms with Crippen LogP contribution in [0.5, 0.6) is 0 Å². The monoisotopic (exact) mass is 275 g/mol. The van der Waals surface area contributed by atoms with Gasteiger partial charge in [0, 0.05) is 18.1 Å². The number of ether oxygens (including phenoxy) is 2. The van der Waals surface area contributed by atoms with Gasteiger partial charge in [-0.1, -0.05) is 18.0 Å². The van der Waals surface area contributed by atoms with Crippen molar-refractivity contribution in [3.63, 3.8) is 0 Å². The number of hydrogen-bond acceptors (Lipinski definition) is 6. The molecular formula is C11H21N3O5. The Labute approximate surface area is 111 Å². The Balaban J connectivity index is 2.05. The minimum Gasteiger partial charge on any atom is -0.394 e. The first-order chi connectivity index (χ1) is 9.20. The summed E-state index contributed by atoms with van der Waals surface area (Å²) in [7, 11) is 0. The normalized spacial score (nSPS) is 30.3. The van der Waals surface area contributed by atoms with E-state index in [9.17, 15) is 10.2 Å². The Morgan fingerprint density at radius 2 is 1.89 bits per heavy atom. The zero-order chi connectivity index (χ0) is 14.1. The van der Waals surface area contributed by atoms with Crippen molar-refractivity contribution in [1.82, 2.24) is 0 Å². The molecule has 0 saturated carbocycles. The van der Waals surface area contributed by atoms with Crippen molar-refractivity contribution < 1.29 is 24.8 Å². The number of azide groups is 1. The summed E-state index contributed by atoms with van der Waals surface area (Å²) in [6, 6.07) is 0. The lowest BCUT2D eigenvalue weighted by molar-refractivity contribution is -0.169. The van der Waals surface area contributed by atoms with E-state index in [4.69, 9.17) is 20.1 Å². The molecule has 0 amide bonds. The molecule has 1 fully saturated rings. The lowest BCUT2D eigenvalue weighted by atomic mass is 10.1. The summed E-state index contributed by atoms with van der Waals surface area (Å²) in [6.45, 7) is 0.567. The first-order valence-electron chi connectivity index (χ1n) is 6.45. The highest BCUT2D eigenvalue weighted by Crippen LogP contribution is 2.22. The van der Waals surface area contributed by atoms with Crippen molar-refractivity contribution in [2.75, 3.05) is 19.8 Å². The van der Waals surface area contributed by atoms with E-state index in [0.717, 1.165) is 25.7 Å². The summed E-state index contributed by atoms with van der Waals surface area (Å²) in [4.78, 5) is 2.66. The van der Waals surface area contributed by atoms with Crippen LogP contribution in [0.25, 0.3) is 10.4 Å². The van der Waals surface area contributed by atoms with E-state index in [1.54, 1.807) is 0 Å². The predicted octanol–water partition coefficient (Wildman–Crippen LogP) is 0.313. The van der Waals surface area contributed by atoms with E-state index in [2.05, 4.69) is 10.0 Å². The topological polar surface area (TPSA) is 128 Å². The Hall–Kier alpha value is -0.890. The van der Waals surface area contributed by atoms with E-state index >= 15 is 0 Å². The molecule has 0 aromatic heterocycles. The third kappa shape index (κ3) is 5.32. The Kier molecular flexibility index (Phi) is 7.73. The van der Waals surface area contributed by atoms with Crippen molar-refractivity contribution in [3.05, 3.63) is 10.4 Å². The molecule has 1 rings (SSSR count). The summed E-state index contributed by atoms with van der Waals surface area (Å²) >= 11 is 0. The highest BCUT2D eigenvalue weighted by molar-refractivity contribution is 4.86. The number of hydrogen-bond donors (Lipinski definition) is 3. The molecule has 0 aliphatic carbocycles. The van der Waals surface area contributed by atoms with Gasteiger partial charge >= 0.3 is 0 Å². The van der Waals surface area contributed by atoms with E-state index in [0.29, 0.717) is 13.2 Å². The Morgan fingerprint density at radius 1 is 1.16 bits per heavy atom. The summed E-state index contributed by atoms with van der Waals surface area (Å²) in [5.41, 5.74) is 8.08. The van der Waals surface area contributed by atoms with E-state index < -0.39 is 24.6 Å². The molecule has 1 heterocycles. The molecule has 4 atom stereocenters. The lowest BCUT2D eigenvalue weighted by Gasteiger charge is -2.15. The van der Waals surface area contributed by atoms with Crippen molar-refractivity contribution in [3.8, 4) is 0 Å². The van der Waals surface area contributed by atoms with Crippen LogP contribution >= 0.6 is 0 Å². The summed E-state index contributed by atoms with van der Waals surface area (Å²) in [5, 5.41) is 31.4. The van der Waals surface area contributed by atoms with Crippen LogP contribution in [0.4, 0.5) is 0 Å². The molecule has 0 radical (unpaired) electrons. The Morgan fingerprint density at radius 3 is 2.53 bits per heavy atom. The zero-order valence-corrected chi connectivity index (χ0v) is 10.8. The predicted molar refractivity (Wildman–Crippen MR) is 66.2 cm³/mol. The molecule has 1 saturated heterocycles. The van der Waals surface area contributed by atoms with Crippen molar-refractivity contribution in [2.24, 2.45) is 5.11 Å². The number of rotatable bonds is 9. The van der Waals surface area contributed by atoms with Gasteiger partial charge in [-0.05, 0) is 18.4 Å². The second kappa shape index (κ2) is 9.08. The largest absolute Gasteiger partial charge is 0.394 e. The average Bonchev–Trinajstić information content (AvgIpc) is 2.69. The summed E-state index contributed by atoms with van der Waals surface area (Å²) < 4.78 is 10.5. The molecule has 110 valence electrons. The van der Waals surface area contributed by atoms with Crippen LogP contribution in [-0.2, 0) is 9.47 Å². The molecule has 19 heavy (non-hydrogen) atoms. The van der Waals surface area contributed by atoms with Gasteiger partial charge in [0.2, 0.25) is 0 Å². The van der Waals surface area contributed by atoms with Gasteiger partial charge in [0.05, 0.1) is 6.61 Å². The lowest BCUT2D eigenvalue weighted by Crippen LogP contribution is -2.34. The molecule has 1 aliphatic heterocycles. The molecule has 0 aromatic rings. The standard InChI is InChI=1S/C11H21N3O5/c12-14-13-5-3-1-2-4-6-18-11-10(17)9(16)8(7-15)19-11/h8-11,15-17H,1-7H2/t8-,9-,10+,11?/m1/s1. The second-order valence-electron chi connectivity index (χ2n) is 4.45. The molecular weight excluding hydrogens is 254 g/mol. The van der Waals surface area contributed by atoms with E-state index in [-0.39, 0.29) is 6.61 Å². The van der Waals surface area contributed by atoms with E-state index in [1.807, 2.05) is 0 Å². The number of nitrogens with zero attached hydrogens (tertiary/aromatic N) is 3. The summed E-state index contributed by atoms with van der Waals surface area (Å²) in [5.74, 6) is 0. The van der Waals surface area contributed by atoms with Gasteiger partial charge < -0.3 is 24.8 Å². The third-order valence-electron chi connectivity index (χ3n) is 3.00. The SMILES string of the molecule is [N-]=[N+]=NCCCCCCOC1O[C@H](CO)[C@@H](O)[C@@H]1O. The van der Waals surface area contributed by atoms with Crippen LogP contribution in [0.15, 0.2) is 5.11 Å². The molecule has 0 spiro atoms. The number of aliphatic hydroxyl groups excluding tert-OH is 3. The minimum absolute atomic E-state index is 0.350. The molecule has 0 bridgehead atoms. The van der Waals surface area contributed by atoms with Gasteiger partial charge in [0.1, 0.15) is 18.3 Å². The van der Waals surface area contributed by atoms with Crippen LogP contribution < -0.4 is 0 Å². The van der Waals surface area contributed by atoms with Crippen LogP contribution in [-0.4, -0.2) is 59.7 Å². The molecule has 0 aromatic carbocycles. The van der Waals surface area contributed by atoms with Gasteiger partial charge in [-0.25, -0.2) is 0 Å². The second-order valence-corrected chi connectivity index (χ2v) is 4.45. The van der Waals surface area contributed by atoms with Gasteiger partial charge in [0.15, 0.2) is 6.29 Å². The smallest absolute Gasteiger partial charge is 0.186 e. The quantitative estimate of drug-likeness (QED) is 0.241. The molecule has 3 N–H and O–H groups in total. The maximum Gasteiger partial charge on any atom is 0.186 e. The van der Waals surface area contributed by atoms with Gasteiger partial charge in [-0.3, -0.25) is 0 Å².